The van der Waals surface area contributed by atoms with E-state index in [4.69, 9.17) is 21.8 Å². The highest BCUT2D eigenvalue weighted by atomic mass is 35.5. The summed E-state index contributed by atoms with van der Waals surface area (Å²) in [5, 5.41) is 0.753. The molecule has 0 spiro atoms. The molecule has 0 aliphatic carbocycles. The molecule has 0 fully saturated rings. The third-order valence-electron chi connectivity index (χ3n) is 2.45. The summed E-state index contributed by atoms with van der Waals surface area (Å²) >= 11 is 5.82. The summed E-state index contributed by atoms with van der Waals surface area (Å²) < 4.78 is 5.26. The van der Waals surface area contributed by atoms with Gasteiger partial charge in [-0.15, -0.1) is 0 Å². The summed E-state index contributed by atoms with van der Waals surface area (Å²) in [6.45, 7) is 0. The van der Waals surface area contributed by atoms with Gasteiger partial charge in [-0.05, 0) is 36.2 Å². The third kappa shape index (κ3) is 3.12. The molecule has 0 bridgehead atoms. The highest BCUT2D eigenvalue weighted by Gasteiger charge is 2.07. The van der Waals surface area contributed by atoms with Crippen LogP contribution in [0.25, 0.3) is 0 Å². The fraction of sp³-hybridized carbons (Fsp3) is 0.231. The average Bonchev–Trinajstić information content (AvgIpc) is 2.74. The van der Waals surface area contributed by atoms with Gasteiger partial charge in [-0.1, -0.05) is 23.7 Å². The number of hydrogen-bond acceptors (Lipinski definition) is 2. The highest BCUT2D eigenvalue weighted by molar-refractivity contribution is 6.30. The second kappa shape index (κ2) is 5.19. The predicted octanol–water partition coefficient (Wildman–Crippen LogP) is 3.05. The minimum atomic E-state index is 0.0762. The second-order valence-electron chi connectivity index (χ2n) is 3.87. The highest BCUT2D eigenvalue weighted by Crippen LogP contribution is 2.12. The Morgan fingerprint density at radius 3 is 2.50 bits per heavy atom. The Labute approximate surface area is 100 Å². The van der Waals surface area contributed by atoms with E-state index in [0.717, 1.165) is 23.6 Å². The van der Waals surface area contributed by atoms with Crippen LogP contribution in [-0.2, 0) is 12.8 Å². The van der Waals surface area contributed by atoms with Gasteiger partial charge in [-0.2, -0.15) is 0 Å². The molecule has 16 heavy (non-hydrogen) atoms. The molecule has 1 aromatic carbocycles. The lowest BCUT2D eigenvalue weighted by atomic mass is 10.0. The molecule has 0 saturated heterocycles. The fourth-order valence-corrected chi connectivity index (χ4v) is 1.81. The second-order valence-corrected chi connectivity index (χ2v) is 4.31. The molecule has 0 aliphatic heterocycles. The fourth-order valence-electron chi connectivity index (χ4n) is 1.68. The van der Waals surface area contributed by atoms with Gasteiger partial charge in [0, 0.05) is 17.5 Å². The zero-order chi connectivity index (χ0) is 11.4. The molecule has 0 radical (unpaired) electrons. The Bertz CT molecular complexity index is 422. The summed E-state index contributed by atoms with van der Waals surface area (Å²) in [5.74, 6) is 0.932. The van der Waals surface area contributed by atoms with Gasteiger partial charge in [0.25, 0.3) is 0 Å². The van der Waals surface area contributed by atoms with Gasteiger partial charge in [-0.3, -0.25) is 0 Å². The molecule has 2 rings (SSSR count). The van der Waals surface area contributed by atoms with Crippen LogP contribution in [0, 0.1) is 0 Å². The normalized spacial score (nSPS) is 12.6. The average molecular weight is 236 g/mol. The molecule has 2 aromatic rings. The number of hydrogen-bond donors (Lipinski definition) is 1. The smallest absolute Gasteiger partial charge is 0.105 e. The molecule has 0 amide bonds. The molecule has 84 valence electrons. The van der Waals surface area contributed by atoms with E-state index < -0.39 is 0 Å². The summed E-state index contributed by atoms with van der Waals surface area (Å²) in [5.41, 5.74) is 7.24. The van der Waals surface area contributed by atoms with Crippen molar-refractivity contribution in [3.63, 3.8) is 0 Å². The molecular formula is C13H14ClNO. The van der Waals surface area contributed by atoms with Crippen LogP contribution < -0.4 is 5.73 Å². The van der Waals surface area contributed by atoms with Gasteiger partial charge in [0.15, 0.2) is 0 Å². The summed E-state index contributed by atoms with van der Waals surface area (Å²) in [7, 11) is 0. The van der Waals surface area contributed by atoms with Crippen LogP contribution in [0.4, 0.5) is 0 Å². The molecule has 2 N–H and O–H groups in total. The summed E-state index contributed by atoms with van der Waals surface area (Å²) in [6.07, 6.45) is 3.26. The first-order chi connectivity index (χ1) is 7.74. The maximum Gasteiger partial charge on any atom is 0.105 e. The van der Waals surface area contributed by atoms with Crippen LogP contribution in [0.2, 0.25) is 5.02 Å². The van der Waals surface area contributed by atoms with Gasteiger partial charge in [-0.25, -0.2) is 0 Å². The molecule has 1 atom stereocenters. The van der Waals surface area contributed by atoms with Crippen molar-refractivity contribution < 1.29 is 4.42 Å². The van der Waals surface area contributed by atoms with Crippen molar-refractivity contribution in [1.29, 1.82) is 0 Å². The van der Waals surface area contributed by atoms with Crippen molar-refractivity contribution in [2.24, 2.45) is 5.73 Å². The molecule has 2 nitrogen and oxygen atoms in total. The SMILES string of the molecule is NC(Cc1ccc(Cl)cc1)Cc1ccco1. The summed E-state index contributed by atoms with van der Waals surface area (Å²) in [4.78, 5) is 0. The van der Waals surface area contributed by atoms with E-state index in [9.17, 15) is 0 Å². The largest absolute Gasteiger partial charge is 0.469 e. The Morgan fingerprint density at radius 2 is 1.88 bits per heavy atom. The quantitative estimate of drug-likeness (QED) is 0.885. The molecule has 0 aliphatic rings. The first-order valence-corrected chi connectivity index (χ1v) is 5.64. The molecule has 1 heterocycles. The molecule has 0 saturated carbocycles. The molecule has 1 unspecified atom stereocenters. The zero-order valence-electron chi connectivity index (χ0n) is 8.90. The minimum absolute atomic E-state index is 0.0762. The Balaban J connectivity index is 1.92. The van der Waals surface area contributed by atoms with E-state index >= 15 is 0 Å². The van der Waals surface area contributed by atoms with Crippen molar-refractivity contribution in [2.45, 2.75) is 18.9 Å². The van der Waals surface area contributed by atoms with Crippen molar-refractivity contribution >= 4 is 11.6 Å². The van der Waals surface area contributed by atoms with E-state index in [-0.39, 0.29) is 6.04 Å². The molecule has 3 heteroatoms. The van der Waals surface area contributed by atoms with Gasteiger partial charge in [0.2, 0.25) is 0 Å². The lowest BCUT2D eigenvalue weighted by molar-refractivity contribution is 0.483. The number of rotatable bonds is 4. The topological polar surface area (TPSA) is 39.2 Å². The Morgan fingerprint density at radius 1 is 1.12 bits per heavy atom. The first-order valence-electron chi connectivity index (χ1n) is 5.26. The standard InChI is InChI=1S/C13H14ClNO/c14-11-5-3-10(4-6-11)8-12(15)9-13-2-1-7-16-13/h1-7,12H,8-9,15H2. The number of nitrogens with two attached hydrogens (primary N) is 1. The molecular weight excluding hydrogens is 222 g/mol. The Kier molecular flexibility index (Phi) is 3.65. The van der Waals surface area contributed by atoms with Crippen molar-refractivity contribution in [2.75, 3.05) is 0 Å². The third-order valence-corrected chi connectivity index (χ3v) is 2.71. The van der Waals surface area contributed by atoms with Crippen LogP contribution in [0.3, 0.4) is 0 Å². The minimum Gasteiger partial charge on any atom is -0.469 e. The van der Waals surface area contributed by atoms with Crippen LogP contribution >= 0.6 is 11.6 Å². The summed E-state index contributed by atoms with van der Waals surface area (Å²) in [6, 6.07) is 11.7. The number of furan rings is 1. The first kappa shape index (κ1) is 11.2. The van der Waals surface area contributed by atoms with Gasteiger partial charge in [0.05, 0.1) is 6.26 Å². The van der Waals surface area contributed by atoms with E-state index in [1.807, 2.05) is 36.4 Å². The lowest BCUT2D eigenvalue weighted by Crippen LogP contribution is -2.25. The maximum atomic E-state index is 6.04. The van der Waals surface area contributed by atoms with E-state index in [0.29, 0.717) is 0 Å². The zero-order valence-corrected chi connectivity index (χ0v) is 9.65. The van der Waals surface area contributed by atoms with Crippen LogP contribution in [-0.4, -0.2) is 6.04 Å². The van der Waals surface area contributed by atoms with Crippen LogP contribution in [0.15, 0.2) is 47.1 Å². The Hall–Kier alpha value is -1.25. The van der Waals surface area contributed by atoms with E-state index in [2.05, 4.69) is 0 Å². The van der Waals surface area contributed by atoms with Crippen molar-refractivity contribution in [3.05, 3.63) is 59.0 Å². The lowest BCUT2D eigenvalue weighted by Gasteiger charge is -2.09. The van der Waals surface area contributed by atoms with Crippen LogP contribution in [0.1, 0.15) is 11.3 Å². The molecule has 1 aromatic heterocycles. The monoisotopic (exact) mass is 235 g/mol. The van der Waals surface area contributed by atoms with Crippen LogP contribution in [0.5, 0.6) is 0 Å². The number of benzene rings is 1. The van der Waals surface area contributed by atoms with E-state index in [1.165, 1.54) is 5.56 Å². The number of halogens is 1. The van der Waals surface area contributed by atoms with Crippen molar-refractivity contribution in [3.8, 4) is 0 Å². The predicted molar refractivity (Wildman–Crippen MR) is 65.5 cm³/mol. The maximum absolute atomic E-state index is 6.04. The van der Waals surface area contributed by atoms with Gasteiger partial charge < -0.3 is 10.2 Å². The van der Waals surface area contributed by atoms with Gasteiger partial charge >= 0.3 is 0 Å². The van der Waals surface area contributed by atoms with Gasteiger partial charge in [0.1, 0.15) is 5.76 Å². The van der Waals surface area contributed by atoms with E-state index in [1.54, 1.807) is 6.26 Å². The van der Waals surface area contributed by atoms with Crippen molar-refractivity contribution in [1.82, 2.24) is 0 Å².